The van der Waals surface area contributed by atoms with Crippen LogP contribution < -0.4 is 0 Å². The van der Waals surface area contributed by atoms with Crippen molar-refractivity contribution < 1.29 is 19.4 Å². The molecule has 6 nitrogen and oxygen atoms in total. The van der Waals surface area contributed by atoms with Crippen LogP contribution in [-0.4, -0.2) is 52.7 Å². The van der Waals surface area contributed by atoms with Crippen molar-refractivity contribution in [2.24, 2.45) is 0 Å². The minimum absolute atomic E-state index is 0.0322. The molecule has 0 aliphatic carbocycles. The fraction of sp³-hybridized carbons (Fsp3) is 0.389. The topological polar surface area (TPSA) is 79.7 Å². The highest BCUT2D eigenvalue weighted by Gasteiger charge is 2.26. The summed E-state index contributed by atoms with van der Waals surface area (Å²) in [4.78, 5) is 29.5. The lowest BCUT2D eigenvalue weighted by Gasteiger charge is -2.32. The van der Waals surface area contributed by atoms with E-state index in [9.17, 15) is 9.59 Å². The molecule has 1 fully saturated rings. The van der Waals surface area contributed by atoms with Gasteiger partial charge in [-0.25, -0.2) is 4.98 Å². The Morgan fingerprint density at radius 2 is 2.12 bits per heavy atom. The summed E-state index contributed by atoms with van der Waals surface area (Å²) in [5, 5.41) is 11.8. The second kappa shape index (κ2) is 8.22. The fourth-order valence-electron chi connectivity index (χ4n) is 2.81. The summed E-state index contributed by atoms with van der Waals surface area (Å²) in [6.45, 7) is 1.20. The van der Waals surface area contributed by atoms with Gasteiger partial charge in [-0.3, -0.25) is 9.59 Å². The second-order valence-corrected chi connectivity index (χ2v) is 6.94. The maximum Gasteiger partial charge on any atom is 0.306 e. The molecule has 3 rings (SSSR count). The summed E-state index contributed by atoms with van der Waals surface area (Å²) >= 11 is 1.56. The minimum Gasteiger partial charge on any atom is -0.481 e. The molecule has 7 heteroatoms. The van der Waals surface area contributed by atoms with E-state index in [-0.39, 0.29) is 18.7 Å². The second-order valence-electron chi connectivity index (χ2n) is 6.00. The Morgan fingerprint density at radius 1 is 1.32 bits per heavy atom. The van der Waals surface area contributed by atoms with Crippen LogP contribution in [0, 0.1) is 0 Å². The number of carbonyl (C=O) groups is 2. The Kier molecular flexibility index (Phi) is 5.78. The Hall–Kier alpha value is -2.25. The Bertz CT molecular complexity index is 732. The van der Waals surface area contributed by atoms with Crippen molar-refractivity contribution in [2.75, 3.05) is 19.7 Å². The molecule has 25 heavy (non-hydrogen) atoms. The average molecular weight is 360 g/mol. The van der Waals surface area contributed by atoms with E-state index in [1.165, 1.54) is 5.56 Å². The molecule has 1 N–H and O–H groups in total. The number of carboxylic acids is 1. The molecule has 132 valence electrons. The summed E-state index contributed by atoms with van der Waals surface area (Å²) in [6.07, 6.45) is 0.490. The predicted octanol–water partition coefficient (Wildman–Crippen LogP) is 1.98. The Balaban J connectivity index is 1.55. The molecule has 1 aromatic heterocycles. The number of ether oxygens (including phenoxy) is 1. The average Bonchev–Trinajstić information content (AvgIpc) is 3.02. The zero-order valence-electron chi connectivity index (χ0n) is 13.8. The third-order valence-electron chi connectivity index (χ3n) is 4.02. The van der Waals surface area contributed by atoms with E-state index in [4.69, 9.17) is 9.84 Å². The van der Waals surface area contributed by atoms with Gasteiger partial charge < -0.3 is 14.7 Å². The highest BCUT2D eigenvalue weighted by Crippen LogP contribution is 2.16. The number of carboxylic acid groups (broad SMARTS) is 1. The number of aromatic nitrogens is 1. The summed E-state index contributed by atoms with van der Waals surface area (Å²) in [7, 11) is 0. The first-order valence-electron chi connectivity index (χ1n) is 8.18. The van der Waals surface area contributed by atoms with E-state index in [2.05, 4.69) is 17.1 Å². The van der Waals surface area contributed by atoms with Crippen LogP contribution in [0.2, 0.25) is 0 Å². The van der Waals surface area contributed by atoms with Gasteiger partial charge in [-0.1, -0.05) is 30.3 Å². The van der Waals surface area contributed by atoms with Crippen LogP contribution in [0.1, 0.15) is 22.7 Å². The molecule has 0 radical (unpaired) electrons. The number of amides is 1. The summed E-state index contributed by atoms with van der Waals surface area (Å²) in [6, 6.07) is 10.1. The predicted molar refractivity (Wildman–Crippen MR) is 93.6 cm³/mol. The number of nitrogens with zero attached hydrogens (tertiary/aromatic N) is 2. The molecule has 2 aromatic rings. The van der Waals surface area contributed by atoms with Crippen molar-refractivity contribution in [2.45, 2.75) is 25.4 Å². The van der Waals surface area contributed by atoms with Gasteiger partial charge in [-0.2, -0.15) is 0 Å². The standard InChI is InChI=1S/C18H20N2O4S/c21-17(20-6-7-24-15(11-20)10-18(22)23)9-14-12-25-16(19-14)8-13-4-2-1-3-5-13/h1-5,12,15H,6-11H2,(H,22,23)/t15-/m1/s1. The molecular weight excluding hydrogens is 340 g/mol. The molecular formula is C18H20N2O4S. The smallest absolute Gasteiger partial charge is 0.306 e. The van der Waals surface area contributed by atoms with E-state index in [0.29, 0.717) is 19.7 Å². The molecule has 1 amide bonds. The van der Waals surface area contributed by atoms with Gasteiger partial charge in [-0.15, -0.1) is 11.3 Å². The third kappa shape index (κ3) is 5.11. The summed E-state index contributed by atoms with van der Waals surface area (Å²) in [5.74, 6) is -0.945. The van der Waals surface area contributed by atoms with E-state index in [0.717, 1.165) is 17.1 Å². The van der Waals surface area contributed by atoms with E-state index in [1.54, 1.807) is 16.2 Å². The first-order valence-corrected chi connectivity index (χ1v) is 9.06. The van der Waals surface area contributed by atoms with Gasteiger partial charge in [0.05, 0.1) is 36.3 Å². The minimum atomic E-state index is -0.913. The Morgan fingerprint density at radius 3 is 2.88 bits per heavy atom. The summed E-state index contributed by atoms with van der Waals surface area (Å²) < 4.78 is 5.40. The van der Waals surface area contributed by atoms with Crippen LogP contribution in [0.15, 0.2) is 35.7 Å². The lowest BCUT2D eigenvalue weighted by atomic mass is 10.1. The molecule has 1 aromatic carbocycles. The fourth-order valence-corrected chi connectivity index (χ4v) is 3.64. The molecule has 1 aliphatic heterocycles. The molecule has 1 aliphatic rings. The van der Waals surface area contributed by atoms with E-state index >= 15 is 0 Å². The van der Waals surface area contributed by atoms with E-state index < -0.39 is 12.1 Å². The molecule has 2 heterocycles. The quantitative estimate of drug-likeness (QED) is 0.852. The lowest BCUT2D eigenvalue weighted by molar-refractivity contribution is -0.147. The van der Waals surface area contributed by atoms with Gasteiger partial charge >= 0.3 is 5.97 Å². The SMILES string of the molecule is O=C(O)C[C@@H]1CN(C(=O)Cc2csc(Cc3ccccc3)n2)CCO1. The molecule has 1 saturated heterocycles. The molecule has 1 atom stereocenters. The number of thiazole rings is 1. The van der Waals surface area contributed by atoms with Crippen molar-refractivity contribution >= 4 is 23.2 Å². The zero-order chi connectivity index (χ0) is 17.6. The largest absolute Gasteiger partial charge is 0.481 e. The van der Waals surface area contributed by atoms with Crippen molar-refractivity contribution in [3.63, 3.8) is 0 Å². The number of hydrogen-bond donors (Lipinski definition) is 1. The molecule has 0 saturated carbocycles. The lowest BCUT2D eigenvalue weighted by Crippen LogP contribution is -2.46. The third-order valence-corrected chi connectivity index (χ3v) is 4.92. The van der Waals surface area contributed by atoms with Crippen molar-refractivity contribution in [3.05, 3.63) is 52.0 Å². The number of carbonyl (C=O) groups excluding carboxylic acids is 1. The Labute approximate surface area is 150 Å². The van der Waals surface area contributed by atoms with Gasteiger partial charge in [-0.05, 0) is 5.56 Å². The van der Waals surface area contributed by atoms with Crippen molar-refractivity contribution in [3.8, 4) is 0 Å². The summed E-state index contributed by atoms with van der Waals surface area (Å²) in [5.41, 5.74) is 1.96. The number of rotatable bonds is 6. The maximum absolute atomic E-state index is 12.5. The molecule has 0 spiro atoms. The highest BCUT2D eigenvalue weighted by atomic mass is 32.1. The van der Waals surface area contributed by atoms with Gasteiger partial charge in [0.15, 0.2) is 0 Å². The highest BCUT2D eigenvalue weighted by molar-refractivity contribution is 7.09. The first kappa shape index (κ1) is 17.6. The van der Waals surface area contributed by atoms with Gasteiger partial charge in [0.2, 0.25) is 5.91 Å². The van der Waals surface area contributed by atoms with Gasteiger partial charge in [0.1, 0.15) is 0 Å². The van der Waals surface area contributed by atoms with E-state index in [1.807, 2.05) is 23.6 Å². The first-order chi connectivity index (χ1) is 12.1. The van der Waals surface area contributed by atoms with Crippen LogP contribution in [0.3, 0.4) is 0 Å². The zero-order valence-corrected chi connectivity index (χ0v) is 14.6. The van der Waals surface area contributed by atoms with Crippen molar-refractivity contribution in [1.29, 1.82) is 0 Å². The van der Waals surface area contributed by atoms with Crippen LogP contribution in [0.5, 0.6) is 0 Å². The monoisotopic (exact) mass is 360 g/mol. The number of benzene rings is 1. The van der Waals surface area contributed by atoms with Gasteiger partial charge in [0, 0.05) is 24.9 Å². The number of aliphatic carboxylic acids is 1. The van der Waals surface area contributed by atoms with Gasteiger partial charge in [0.25, 0.3) is 0 Å². The number of hydrogen-bond acceptors (Lipinski definition) is 5. The number of morpholine rings is 1. The van der Waals surface area contributed by atoms with Crippen LogP contribution in [0.25, 0.3) is 0 Å². The normalized spacial score (nSPS) is 17.4. The molecule has 0 unspecified atom stereocenters. The van der Waals surface area contributed by atoms with Crippen LogP contribution in [0.4, 0.5) is 0 Å². The maximum atomic E-state index is 12.5. The van der Waals surface area contributed by atoms with Crippen molar-refractivity contribution in [1.82, 2.24) is 9.88 Å². The van der Waals surface area contributed by atoms with Crippen LogP contribution >= 0.6 is 11.3 Å². The molecule has 0 bridgehead atoms. The van der Waals surface area contributed by atoms with Crippen LogP contribution in [-0.2, 0) is 27.2 Å².